The summed E-state index contributed by atoms with van der Waals surface area (Å²) in [7, 11) is 0. The number of rotatable bonds is 5. The van der Waals surface area contributed by atoms with Gasteiger partial charge in [-0.25, -0.2) is 9.97 Å². The van der Waals surface area contributed by atoms with Gasteiger partial charge in [-0.05, 0) is 46.1 Å². The third-order valence-corrected chi connectivity index (χ3v) is 3.78. The Bertz CT molecular complexity index is 388. The smallest absolute Gasteiger partial charge is 0.225 e. The zero-order chi connectivity index (χ0) is 13.7. The van der Waals surface area contributed by atoms with Gasteiger partial charge >= 0.3 is 0 Å². The summed E-state index contributed by atoms with van der Waals surface area (Å²) in [6, 6.07) is 0. The summed E-state index contributed by atoms with van der Waals surface area (Å²) in [6.07, 6.45) is 5.03. The van der Waals surface area contributed by atoms with Crippen LogP contribution < -0.4 is 10.2 Å². The number of hydrogen-bond donors (Lipinski definition) is 1. The minimum atomic E-state index is 0.881. The summed E-state index contributed by atoms with van der Waals surface area (Å²) >= 11 is 0. The van der Waals surface area contributed by atoms with Gasteiger partial charge in [-0.2, -0.15) is 0 Å². The van der Waals surface area contributed by atoms with Crippen LogP contribution in [0.4, 0.5) is 5.95 Å². The molecular weight excluding hydrogens is 236 g/mol. The molecule has 2 rings (SSSR count). The van der Waals surface area contributed by atoms with Crippen molar-refractivity contribution in [3.63, 3.8) is 0 Å². The quantitative estimate of drug-likeness (QED) is 0.828. The van der Waals surface area contributed by atoms with Crippen LogP contribution in [0.25, 0.3) is 0 Å². The Labute approximate surface area is 116 Å². The Morgan fingerprint density at radius 3 is 2.26 bits per heavy atom. The van der Waals surface area contributed by atoms with Crippen molar-refractivity contribution in [2.24, 2.45) is 0 Å². The molecule has 0 saturated carbocycles. The minimum Gasteiger partial charge on any atom is -0.341 e. The molecule has 0 aliphatic carbocycles. The molecule has 0 atom stereocenters. The van der Waals surface area contributed by atoms with E-state index in [4.69, 9.17) is 9.97 Å². The molecule has 1 aliphatic heterocycles. The second-order valence-electron chi connectivity index (χ2n) is 5.40. The van der Waals surface area contributed by atoms with Gasteiger partial charge in [-0.1, -0.05) is 6.92 Å². The number of nitrogens with one attached hydrogen (secondary N) is 1. The number of hydrogen-bond acceptors (Lipinski definition) is 4. The van der Waals surface area contributed by atoms with Crippen LogP contribution in [0.15, 0.2) is 0 Å². The Balaban J connectivity index is 2.11. The molecule has 0 aromatic carbocycles. The van der Waals surface area contributed by atoms with Gasteiger partial charge in [0.15, 0.2) is 0 Å². The number of nitrogens with zero attached hydrogens (tertiary/aromatic N) is 3. The molecular formula is C15H26N4. The summed E-state index contributed by atoms with van der Waals surface area (Å²) in [5.41, 5.74) is 3.50. The SMILES string of the molecule is CCCNCc1c(C)nc(N2CCCCC2)nc1C. The monoisotopic (exact) mass is 262 g/mol. The van der Waals surface area contributed by atoms with Gasteiger partial charge in [-0.15, -0.1) is 0 Å². The number of anilines is 1. The van der Waals surface area contributed by atoms with Crippen molar-refractivity contribution in [3.05, 3.63) is 17.0 Å². The molecule has 0 unspecified atom stereocenters. The zero-order valence-electron chi connectivity index (χ0n) is 12.5. The molecule has 2 heterocycles. The number of aryl methyl sites for hydroxylation is 2. The van der Waals surface area contributed by atoms with Crippen LogP contribution in [0.1, 0.15) is 49.6 Å². The highest BCUT2D eigenvalue weighted by Gasteiger charge is 2.16. The lowest BCUT2D eigenvalue weighted by molar-refractivity contribution is 0.566. The van der Waals surface area contributed by atoms with E-state index in [2.05, 4.69) is 31.0 Å². The standard InChI is InChI=1S/C15H26N4/c1-4-8-16-11-14-12(2)17-15(18-13(14)3)19-9-6-5-7-10-19/h16H,4-11H2,1-3H3. The first-order chi connectivity index (χ1) is 9.22. The van der Waals surface area contributed by atoms with Crippen molar-refractivity contribution in [2.45, 2.75) is 53.0 Å². The minimum absolute atomic E-state index is 0.881. The maximum atomic E-state index is 4.71. The molecule has 1 aliphatic rings. The van der Waals surface area contributed by atoms with E-state index >= 15 is 0 Å². The maximum Gasteiger partial charge on any atom is 0.225 e. The Morgan fingerprint density at radius 1 is 1.05 bits per heavy atom. The average Bonchev–Trinajstić information content (AvgIpc) is 2.43. The summed E-state index contributed by atoms with van der Waals surface area (Å²) in [5, 5.41) is 3.44. The van der Waals surface area contributed by atoms with Crippen molar-refractivity contribution in [2.75, 3.05) is 24.5 Å². The first kappa shape index (κ1) is 14.3. The molecule has 1 saturated heterocycles. The van der Waals surface area contributed by atoms with Crippen molar-refractivity contribution < 1.29 is 0 Å². The molecule has 0 radical (unpaired) electrons. The van der Waals surface area contributed by atoms with E-state index in [1.807, 2.05) is 0 Å². The molecule has 1 fully saturated rings. The second-order valence-corrected chi connectivity index (χ2v) is 5.40. The Hall–Kier alpha value is -1.16. The third kappa shape index (κ3) is 3.66. The molecule has 106 valence electrons. The molecule has 19 heavy (non-hydrogen) atoms. The van der Waals surface area contributed by atoms with Crippen molar-refractivity contribution >= 4 is 5.95 Å². The van der Waals surface area contributed by atoms with Crippen LogP contribution in [0.3, 0.4) is 0 Å². The molecule has 0 amide bonds. The lowest BCUT2D eigenvalue weighted by Gasteiger charge is -2.27. The highest BCUT2D eigenvalue weighted by atomic mass is 15.3. The fourth-order valence-electron chi connectivity index (χ4n) is 2.60. The van der Waals surface area contributed by atoms with Crippen LogP contribution in [-0.2, 0) is 6.54 Å². The van der Waals surface area contributed by atoms with E-state index in [9.17, 15) is 0 Å². The van der Waals surface area contributed by atoms with E-state index < -0.39 is 0 Å². The van der Waals surface area contributed by atoms with E-state index in [0.29, 0.717) is 0 Å². The fraction of sp³-hybridized carbons (Fsp3) is 0.733. The number of aromatic nitrogens is 2. The molecule has 1 aromatic heterocycles. The summed E-state index contributed by atoms with van der Waals surface area (Å²) < 4.78 is 0. The van der Waals surface area contributed by atoms with Crippen LogP contribution >= 0.6 is 0 Å². The van der Waals surface area contributed by atoms with Gasteiger partial charge in [0.25, 0.3) is 0 Å². The van der Waals surface area contributed by atoms with Gasteiger partial charge in [0, 0.05) is 36.6 Å². The lowest BCUT2D eigenvalue weighted by atomic mass is 10.1. The van der Waals surface area contributed by atoms with Crippen LogP contribution in [-0.4, -0.2) is 29.6 Å². The van der Waals surface area contributed by atoms with Gasteiger partial charge in [0.1, 0.15) is 0 Å². The summed E-state index contributed by atoms with van der Waals surface area (Å²) in [5.74, 6) is 0.925. The predicted molar refractivity (Wildman–Crippen MR) is 79.6 cm³/mol. The lowest BCUT2D eigenvalue weighted by Crippen LogP contribution is -2.31. The molecule has 4 heteroatoms. The zero-order valence-corrected chi connectivity index (χ0v) is 12.5. The first-order valence-electron chi connectivity index (χ1n) is 7.52. The van der Waals surface area contributed by atoms with Crippen molar-refractivity contribution in [1.29, 1.82) is 0 Å². The van der Waals surface area contributed by atoms with Crippen LogP contribution in [0.5, 0.6) is 0 Å². The predicted octanol–water partition coefficient (Wildman–Crippen LogP) is 2.58. The van der Waals surface area contributed by atoms with E-state index in [0.717, 1.165) is 49.9 Å². The third-order valence-electron chi connectivity index (χ3n) is 3.78. The largest absolute Gasteiger partial charge is 0.341 e. The van der Waals surface area contributed by atoms with Crippen LogP contribution in [0.2, 0.25) is 0 Å². The highest BCUT2D eigenvalue weighted by Crippen LogP contribution is 2.19. The van der Waals surface area contributed by atoms with Gasteiger partial charge in [-0.3, -0.25) is 0 Å². The molecule has 1 N–H and O–H groups in total. The van der Waals surface area contributed by atoms with Gasteiger partial charge < -0.3 is 10.2 Å². The average molecular weight is 262 g/mol. The Kier molecular flexibility index (Phi) is 5.14. The molecule has 4 nitrogen and oxygen atoms in total. The van der Waals surface area contributed by atoms with Crippen molar-refractivity contribution in [1.82, 2.24) is 15.3 Å². The summed E-state index contributed by atoms with van der Waals surface area (Å²) in [6.45, 7) is 10.5. The molecule has 0 spiro atoms. The van der Waals surface area contributed by atoms with Gasteiger partial charge in [0.2, 0.25) is 5.95 Å². The summed E-state index contributed by atoms with van der Waals surface area (Å²) in [4.78, 5) is 11.7. The maximum absolute atomic E-state index is 4.71. The van der Waals surface area contributed by atoms with Crippen LogP contribution in [0, 0.1) is 13.8 Å². The highest BCUT2D eigenvalue weighted by molar-refractivity contribution is 5.36. The molecule has 0 bridgehead atoms. The first-order valence-corrected chi connectivity index (χ1v) is 7.52. The normalized spacial score (nSPS) is 15.8. The van der Waals surface area contributed by atoms with E-state index in [-0.39, 0.29) is 0 Å². The van der Waals surface area contributed by atoms with Crippen molar-refractivity contribution in [3.8, 4) is 0 Å². The topological polar surface area (TPSA) is 41.1 Å². The number of piperidine rings is 1. The molecule has 1 aromatic rings. The Morgan fingerprint density at radius 2 is 1.68 bits per heavy atom. The van der Waals surface area contributed by atoms with Gasteiger partial charge in [0.05, 0.1) is 0 Å². The second kappa shape index (κ2) is 6.85. The van der Waals surface area contributed by atoms with E-state index in [1.54, 1.807) is 0 Å². The van der Waals surface area contributed by atoms with E-state index in [1.165, 1.54) is 24.8 Å². The fourth-order valence-corrected chi connectivity index (χ4v) is 2.60.